The first-order valence-electron chi connectivity index (χ1n) is 5.20. The van der Waals surface area contributed by atoms with Gasteiger partial charge in [0.2, 0.25) is 0 Å². The number of aromatic nitrogens is 1. The van der Waals surface area contributed by atoms with Crippen molar-refractivity contribution < 1.29 is 8.78 Å². The molecule has 0 fully saturated rings. The van der Waals surface area contributed by atoms with Crippen LogP contribution in [0.2, 0.25) is 0 Å². The molecule has 2 aromatic rings. The lowest BCUT2D eigenvalue weighted by molar-refractivity contribution is 0.0526. The van der Waals surface area contributed by atoms with Crippen LogP contribution < -0.4 is 0 Å². The number of alkyl halides is 2. The number of aryl methyl sites for hydroxylation is 1. The predicted octanol–water partition coefficient (Wildman–Crippen LogP) is 4.01. The minimum atomic E-state index is -2.96. The number of hydrogen-bond donors (Lipinski definition) is 1. The van der Waals surface area contributed by atoms with E-state index in [-0.39, 0.29) is 5.56 Å². The Kier molecular flexibility index (Phi) is 2.54. The first-order chi connectivity index (χ1) is 7.58. The highest BCUT2D eigenvalue weighted by atomic mass is 19.3. The van der Waals surface area contributed by atoms with E-state index >= 15 is 0 Å². The molecule has 1 N–H and O–H groups in total. The fourth-order valence-electron chi connectivity index (χ4n) is 1.84. The highest BCUT2D eigenvalue weighted by molar-refractivity contribution is 5.83. The molecular formula is C13H13F2N. The second-order valence-electron chi connectivity index (χ2n) is 3.76. The van der Waals surface area contributed by atoms with Gasteiger partial charge in [0.25, 0.3) is 5.92 Å². The molecule has 16 heavy (non-hydrogen) atoms. The van der Waals surface area contributed by atoms with Gasteiger partial charge >= 0.3 is 0 Å². The SMILES string of the molecule is C=CC(F)(F)c1cc(CC)c2[nH]ccc2c1. The van der Waals surface area contributed by atoms with Gasteiger partial charge in [-0.3, -0.25) is 0 Å². The van der Waals surface area contributed by atoms with Gasteiger partial charge in [-0.25, -0.2) is 0 Å². The van der Waals surface area contributed by atoms with Crippen molar-refractivity contribution in [3.8, 4) is 0 Å². The van der Waals surface area contributed by atoms with Crippen molar-refractivity contribution in [3.05, 3.63) is 48.2 Å². The maximum Gasteiger partial charge on any atom is 0.291 e. The lowest BCUT2D eigenvalue weighted by atomic mass is 10.0. The molecule has 84 valence electrons. The molecule has 3 heteroatoms. The standard InChI is InChI=1S/C13H13F2N/c1-3-9-7-11(13(14,15)4-2)8-10-5-6-16-12(9)10/h4-8,16H,2-3H2,1H3. The number of allylic oxidation sites excluding steroid dienone is 1. The molecule has 0 saturated carbocycles. The molecule has 0 aliphatic carbocycles. The molecule has 0 saturated heterocycles. The van der Waals surface area contributed by atoms with Crippen LogP contribution in [0.15, 0.2) is 37.1 Å². The maximum atomic E-state index is 13.5. The van der Waals surface area contributed by atoms with Gasteiger partial charge in [-0.2, -0.15) is 8.78 Å². The number of nitrogens with one attached hydrogen (secondary N) is 1. The Hall–Kier alpha value is -1.64. The van der Waals surface area contributed by atoms with Gasteiger partial charge in [-0.05, 0) is 36.3 Å². The van der Waals surface area contributed by atoms with Crippen LogP contribution in [0.3, 0.4) is 0 Å². The number of halogens is 2. The van der Waals surface area contributed by atoms with Crippen LogP contribution in [0.25, 0.3) is 10.9 Å². The Morgan fingerprint density at radius 2 is 2.19 bits per heavy atom. The van der Waals surface area contributed by atoms with Gasteiger partial charge in [0.1, 0.15) is 0 Å². The molecule has 0 amide bonds. The van der Waals surface area contributed by atoms with E-state index in [1.807, 2.05) is 6.92 Å². The largest absolute Gasteiger partial charge is 0.361 e. The molecular weight excluding hydrogens is 208 g/mol. The molecule has 0 unspecified atom stereocenters. The summed E-state index contributed by atoms with van der Waals surface area (Å²) in [7, 11) is 0. The smallest absolute Gasteiger partial charge is 0.291 e. The summed E-state index contributed by atoms with van der Waals surface area (Å²) in [5.74, 6) is -2.96. The third kappa shape index (κ3) is 1.62. The van der Waals surface area contributed by atoms with Gasteiger partial charge in [0.15, 0.2) is 0 Å². The average molecular weight is 221 g/mol. The quantitative estimate of drug-likeness (QED) is 0.754. The Labute approximate surface area is 92.8 Å². The van der Waals surface area contributed by atoms with Crippen LogP contribution in [0.4, 0.5) is 8.78 Å². The number of aromatic amines is 1. The topological polar surface area (TPSA) is 15.8 Å². The first kappa shape index (κ1) is 10.9. The minimum absolute atomic E-state index is 0.00597. The number of fused-ring (bicyclic) bond motifs is 1. The summed E-state index contributed by atoms with van der Waals surface area (Å²) in [4.78, 5) is 3.07. The molecule has 0 aliphatic rings. The van der Waals surface area contributed by atoms with Gasteiger partial charge in [0.05, 0.1) is 0 Å². The zero-order chi connectivity index (χ0) is 11.8. The molecule has 0 aliphatic heterocycles. The lowest BCUT2D eigenvalue weighted by Gasteiger charge is -2.13. The summed E-state index contributed by atoms with van der Waals surface area (Å²) in [6.45, 7) is 5.12. The van der Waals surface area contributed by atoms with E-state index in [0.717, 1.165) is 22.9 Å². The predicted molar refractivity (Wildman–Crippen MR) is 61.8 cm³/mol. The van der Waals surface area contributed by atoms with E-state index in [9.17, 15) is 8.78 Å². The number of H-pyrrole nitrogens is 1. The fraction of sp³-hybridized carbons (Fsp3) is 0.231. The van der Waals surface area contributed by atoms with Gasteiger partial charge < -0.3 is 4.98 Å². The third-order valence-electron chi connectivity index (χ3n) is 2.76. The van der Waals surface area contributed by atoms with Crippen LogP contribution in [-0.4, -0.2) is 4.98 Å². The maximum absolute atomic E-state index is 13.5. The van der Waals surface area contributed by atoms with Crippen molar-refractivity contribution in [3.63, 3.8) is 0 Å². The van der Waals surface area contributed by atoms with Gasteiger partial charge in [0, 0.05) is 22.7 Å². The normalized spacial score (nSPS) is 11.9. The van der Waals surface area contributed by atoms with Crippen molar-refractivity contribution in [1.82, 2.24) is 4.98 Å². The molecule has 0 radical (unpaired) electrons. The molecule has 1 aromatic heterocycles. The number of rotatable bonds is 3. The molecule has 1 aromatic carbocycles. The average Bonchev–Trinajstić information content (AvgIpc) is 2.75. The Balaban J connectivity index is 2.68. The van der Waals surface area contributed by atoms with E-state index in [1.165, 1.54) is 6.07 Å². The van der Waals surface area contributed by atoms with Crippen LogP contribution in [0.1, 0.15) is 18.1 Å². The highest BCUT2D eigenvalue weighted by Crippen LogP contribution is 2.32. The Bertz CT molecular complexity index is 526. The zero-order valence-corrected chi connectivity index (χ0v) is 9.06. The molecule has 1 heterocycles. The van der Waals surface area contributed by atoms with Crippen molar-refractivity contribution in [2.75, 3.05) is 0 Å². The number of hydrogen-bond acceptors (Lipinski definition) is 0. The molecule has 0 atom stereocenters. The monoisotopic (exact) mass is 221 g/mol. The second-order valence-corrected chi connectivity index (χ2v) is 3.76. The van der Waals surface area contributed by atoms with Gasteiger partial charge in [-0.1, -0.05) is 13.5 Å². The molecule has 0 bridgehead atoms. The van der Waals surface area contributed by atoms with Crippen molar-refractivity contribution in [1.29, 1.82) is 0 Å². The highest BCUT2D eigenvalue weighted by Gasteiger charge is 2.27. The van der Waals surface area contributed by atoms with Gasteiger partial charge in [-0.15, -0.1) is 0 Å². The van der Waals surface area contributed by atoms with E-state index in [1.54, 1.807) is 18.3 Å². The lowest BCUT2D eigenvalue weighted by Crippen LogP contribution is -2.09. The van der Waals surface area contributed by atoms with Crippen LogP contribution in [-0.2, 0) is 12.3 Å². The Morgan fingerprint density at radius 3 is 2.81 bits per heavy atom. The number of benzene rings is 1. The second kappa shape index (κ2) is 3.74. The van der Waals surface area contributed by atoms with E-state index in [4.69, 9.17) is 0 Å². The summed E-state index contributed by atoms with van der Waals surface area (Å²) >= 11 is 0. The third-order valence-corrected chi connectivity index (χ3v) is 2.76. The van der Waals surface area contributed by atoms with Crippen LogP contribution in [0, 0.1) is 0 Å². The van der Waals surface area contributed by atoms with E-state index in [0.29, 0.717) is 6.08 Å². The zero-order valence-electron chi connectivity index (χ0n) is 9.06. The first-order valence-corrected chi connectivity index (χ1v) is 5.20. The van der Waals surface area contributed by atoms with Crippen molar-refractivity contribution in [2.45, 2.75) is 19.3 Å². The summed E-state index contributed by atoms with van der Waals surface area (Å²) in [6.07, 6.45) is 3.16. The Morgan fingerprint density at radius 1 is 1.44 bits per heavy atom. The molecule has 2 rings (SSSR count). The summed E-state index contributed by atoms with van der Waals surface area (Å²) in [5, 5.41) is 0.816. The summed E-state index contributed by atoms with van der Waals surface area (Å²) in [6, 6.07) is 4.85. The van der Waals surface area contributed by atoms with E-state index < -0.39 is 5.92 Å². The fourth-order valence-corrected chi connectivity index (χ4v) is 1.84. The summed E-state index contributed by atoms with van der Waals surface area (Å²) in [5.41, 5.74) is 1.84. The van der Waals surface area contributed by atoms with Crippen molar-refractivity contribution in [2.24, 2.45) is 0 Å². The van der Waals surface area contributed by atoms with Crippen molar-refractivity contribution >= 4 is 10.9 Å². The van der Waals surface area contributed by atoms with E-state index in [2.05, 4.69) is 11.6 Å². The van der Waals surface area contributed by atoms with Crippen LogP contribution >= 0.6 is 0 Å². The molecule has 0 spiro atoms. The minimum Gasteiger partial charge on any atom is -0.361 e. The molecule has 1 nitrogen and oxygen atoms in total. The summed E-state index contributed by atoms with van der Waals surface area (Å²) < 4.78 is 27.0. The van der Waals surface area contributed by atoms with Crippen LogP contribution in [0.5, 0.6) is 0 Å².